The minimum Gasteiger partial charge on any atom is -0.477 e. The van der Waals surface area contributed by atoms with Gasteiger partial charge in [-0.3, -0.25) is 4.79 Å². The minimum absolute atomic E-state index is 0.0871. The van der Waals surface area contributed by atoms with E-state index >= 15 is 0 Å². The first-order valence-electron chi connectivity index (χ1n) is 4.91. The fraction of sp³-hybridized carbons (Fsp3) is 0. The lowest BCUT2D eigenvalue weighted by Crippen LogP contribution is -2.12. The zero-order valence-corrected chi connectivity index (χ0v) is 9.73. The molecule has 2 aromatic heterocycles. The molecule has 0 unspecified atom stereocenters. The van der Waals surface area contributed by atoms with Crippen LogP contribution >= 0.6 is 11.6 Å². The Bertz CT molecular complexity index is 592. The molecule has 2 heterocycles. The number of hydrogen-bond donors (Lipinski definition) is 3. The third-order valence-corrected chi connectivity index (χ3v) is 2.35. The molecule has 18 heavy (non-hydrogen) atoms. The number of rotatable bonds is 3. The standard InChI is InChI=1S/C11H8ClN3O3/c12-6-3-9(13-4-6)10(16)15-7-1-2-8(11(17)18)14-5-7/h1-5,13H,(H,15,16)(H,17,18). The fourth-order valence-electron chi connectivity index (χ4n) is 1.29. The van der Waals surface area contributed by atoms with Gasteiger partial charge in [0.25, 0.3) is 5.91 Å². The topological polar surface area (TPSA) is 95.1 Å². The smallest absolute Gasteiger partial charge is 0.354 e. The molecule has 0 fully saturated rings. The van der Waals surface area contributed by atoms with Crippen LogP contribution in [0.5, 0.6) is 0 Å². The largest absolute Gasteiger partial charge is 0.477 e. The second-order valence-corrected chi connectivity index (χ2v) is 3.86. The van der Waals surface area contributed by atoms with Crippen molar-refractivity contribution in [3.63, 3.8) is 0 Å². The molecule has 0 atom stereocenters. The van der Waals surface area contributed by atoms with Crippen LogP contribution in [0.15, 0.2) is 30.6 Å². The molecular weight excluding hydrogens is 258 g/mol. The summed E-state index contributed by atoms with van der Waals surface area (Å²) < 4.78 is 0. The van der Waals surface area contributed by atoms with E-state index < -0.39 is 5.97 Å². The highest BCUT2D eigenvalue weighted by atomic mass is 35.5. The molecule has 0 aliphatic rings. The molecule has 0 aliphatic carbocycles. The van der Waals surface area contributed by atoms with E-state index in [0.717, 1.165) is 0 Å². The molecule has 7 heteroatoms. The number of hydrogen-bond acceptors (Lipinski definition) is 3. The van der Waals surface area contributed by atoms with E-state index in [-0.39, 0.29) is 11.6 Å². The number of pyridine rings is 1. The molecule has 2 aromatic rings. The number of nitrogens with one attached hydrogen (secondary N) is 2. The van der Waals surface area contributed by atoms with Crippen molar-refractivity contribution in [1.29, 1.82) is 0 Å². The molecule has 3 N–H and O–H groups in total. The lowest BCUT2D eigenvalue weighted by atomic mass is 10.3. The van der Waals surface area contributed by atoms with Crippen molar-refractivity contribution in [3.05, 3.63) is 47.0 Å². The third kappa shape index (κ3) is 2.67. The van der Waals surface area contributed by atoms with Gasteiger partial charge in [0.1, 0.15) is 11.4 Å². The van der Waals surface area contributed by atoms with Gasteiger partial charge >= 0.3 is 5.97 Å². The second-order valence-electron chi connectivity index (χ2n) is 3.42. The highest BCUT2D eigenvalue weighted by Crippen LogP contribution is 2.12. The Morgan fingerprint density at radius 1 is 1.39 bits per heavy atom. The Labute approximate surface area is 107 Å². The monoisotopic (exact) mass is 265 g/mol. The van der Waals surface area contributed by atoms with Gasteiger partial charge in [-0.2, -0.15) is 0 Å². The van der Waals surface area contributed by atoms with Crippen LogP contribution in [-0.4, -0.2) is 27.0 Å². The number of aromatic nitrogens is 2. The van der Waals surface area contributed by atoms with E-state index in [4.69, 9.17) is 16.7 Å². The molecule has 0 aromatic carbocycles. The van der Waals surface area contributed by atoms with Gasteiger partial charge in [-0.15, -0.1) is 0 Å². The molecule has 0 radical (unpaired) electrons. The van der Waals surface area contributed by atoms with Gasteiger partial charge in [-0.05, 0) is 18.2 Å². The molecule has 92 valence electrons. The van der Waals surface area contributed by atoms with E-state index in [2.05, 4.69) is 15.3 Å². The summed E-state index contributed by atoms with van der Waals surface area (Å²) in [7, 11) is 0. The van der Waals surface area contributed by atoms with Gasteiger partial charge in [-0.25, -0.2) is 9.78 Å². The van der Waals surface area contributed by atoms with E-state index in [0.29, 0.717) is 16.4 Å². The van der Waals surface area contributed by atoms with Crippen molar-refractivity contribution < 1.29 is 14.7 Å². The van der Waals surface area contributed by atoms with Crippen molar-refractivity contribution in [2.45, 2.75) is 0 Å². The third-order valence-electron chi connectivity index (χ3n) is 2.13. The number of H-pyrrole nitrogens is 1. The predicted molar refractivity (Wildman–Crippen MR) is 65.0 cm³/mol. The van der Waals surface area contributed by atoms with Crippen LogP contribution in [0.4, 0.5) is 5.69 Å². The maximum absolute atomic E-state index is 11.7. The Kier molecular flexibility index (Phi) is 3.29. The van der Waals surface area contributed by atoms with Crippen molar-refractivity contribution in [3.8, 4) is 0 Å². The maximum atomic E-state index is 11.7. The van der Waals surface area contributed by atoms with Crippen LogP contribution in [0.1, 0.15) is 21.0 Å². The van der Waals surface area contributed by atoms with E-state index in [1.165, 1.54) is 30.6 Å². The van der Waals surface area contributed by atoms with Crippen molar-refractivity contribution in [2.24, 2.45) is 0 Å². The summed E-state index contributed by atoms with van der Waals surface area (Å²) in [6.45, 7) is 0. The van der Waals surface area contributed by atoms with Crippen molar-refractivity contribution >= 4 is 29.2 Å². The van der Waals surface area contributed by atoms with Gasteiger partial charge in [0, 0.05) is 6.20 Å². The molecule has 6 nitrogen and oxygen atoms in total. The van der Waals surface area contributed by atoms with Crippen molar-refractivity contribution in [2.75, 3.05) is 5.32 Å². The zero-order chi connectivity index (χ0) is 13.1. The average Bonchev–Trinajstić information content (AvgIpc) is 2.76. The van der Waals surface area contributed by atoms with E-state index in [1.54, 1.807) is 0 Å². The molecule has 0 saturated carbocycles. The highest BCUT2D eigenvalue weighted by Gasteiger charge is 2.09. The number of carboxylic acids is 1. The normalized spacial score (nSPS) is 10.1. The molecular formula is C11H8ClN3O3. The molecule has 0 aliphatic heterocycles. The lowest BCUT2D eigenvalue weighted by Gasteiger charge is -2.03. The number of aromatic amines is 1. The van der Waals surface area contributed by atoms with E-state index in [9.17, 15) is 9.59 Å². The number of halogens is 1. The number of carboxylic acid groups (broad SMARTS) is 1. The fourth-order valence-corrected chi connectivity index (χ4v) is 1.46. The number of carbonyl (C=O) groups excluding carboxylic acids is 1. The molecule has 0 bridgehead atoms. The predicted octanol–water partition coefficient (Wildman–Crippen LogP) is 2.01. The van der Waals surface area contributed by atoms with Gasteiger partial charge in [0.15, 0.2) is 0 Å². The summed E-state index contributed by atoms with van der Waals surface area (Å²) in [5, 5.41) is 11.7. The molecule has 2 rings (SSSR count). The summed E-state index contributed by atoms with van der Waals surface area (Å²) in [5.41, 5.74) is 0.619. The van der Waals surface area contributed by atoms with Crippen LogP contribution in [0.25, 0.3) is 0 Å². The molecule has 0 spiro atoms. The second kappa shape index (κ2) is 4.89. The van der Waals surface area contributed by atoms with Gasteiger partial charge in [-0.1, -0.05) is 11.6 Å². The summed E-state index contributed by atoms with van der Waals surface area (Å²) in [5.74, 6) is -1.50. The van der Waals surface area contributed by atoms with Gasteiger partial charge in [0.05, 0.1) is 16.9 Å². The minimum atomic E-state index is -1.12. The van der Waals surface area contributed by atoms with Crippen LogP contribution in [0.2, 0.25) is 5.02 Å². The molecule has 0 saturated heterocycles. The first-order chi connectivity index (χ1) is 8.56. The van der Waals surface area contributed by atoms with Crippen LogP contribution in [0.3, 0.4) is 0 Å². The number of aromatic carboxylic acids is 1. The Hall–Kier alpha value is -2.34. The summed E-state index contributed by atoms with van der Waals surface area (Å²) in [6, 6.07) is 4.24. The number of nitrogens with zero attached hydrogens (tertiary/aromatic N) is 1. The molecule has 1 amide bonds. The Morgan fingerprint density at radius 2 is 2.17 bits per heavy atom. The van der Waals surface area contributed by atoms with Gasteiger partial charge < -0.3 is 15.4 Å². The number of carbonyl (C=O) groups is 2. The first kappa shape index (κ1) is 12.1. The summed E-state index contributed by atoms with van der Waals surface area (Å²) >= 11 is 5.67. The van der Waals surface area contributed by atoms with Gasteiger partial charge in [0.2, 0.25) is 0 Å². The Balaban J connectivity index is 2.10. The number of amides is 1. The van der Waals surface area contributed by atoms with Crippen LogP contribution in [-0.2, 0) is 0 Å². The zero-order valence-electron chi connectivity index (χ0n) is 8.98. The lowest BCUT2D eigenvalue weighted by molar-refractivity contribution is 0.0690. The quantitative estimate of drug-likeness (QED) is 0.791. The Morgan fingerprint density at radius 3 is 2.67 bits per heavy atom. The first-order valence-corrected chi connectivity index (χ1v) is 5.28. The summed E-state index contributed by atoms with van der Waals surface area (Å²) in [4.78, 5) is 28.7. The van der Waals surface area contributed by atoms with E-state index in [1.807, 2.05) is 0 Å². The maximum Gasteiger partial charge on any atom is 0.354 e. The SMILES string of the molecule is O=C(O)c1ccc(NC(=O)c2cc(Cl)c[nH]2)cn1. The van der Waals surface area contributed by atoms with Crippen LogP contribution in [0, 0.1) is 0 Å². The number of anilines is 1. The highest BCUT2D eigenvalue weighted by molar-refractivity contribution is 6.31. The average molecular weight is 266 g/mol. The summed E-state index contributed by atoms with van der Waals surface area (Å²) in [6.07, 6.45) is 2.76. The van der Waals surface area contributed by atoms with Crippen LogP contribution < -0.4 is 5.32 Å². The van der Waals surface area contributed by atoms with Crippen molar-refractivity contribution in [1.82, 2.24) is 9.97 Å².